The minimum atomic E-state index is 0.987. The Labute approximate surface area is 188 Å². The molecule has 0 saturated heterocycles. The molecule has 0 heterocycles. The first-order valence-corrected chi connectivity index (χ1v) is 14.4. The maximum Gasteiger partial charge on any atom is 0.0466 e. The number of hydrogen-bond donors (Lipinski definition) is 0. The lowest BCUT2D eigenvalue weighted by Gasteiger charge is -2.05. The van der Waals surface area contributed by atoms with Crippen molar-refractivity contribution in [3.8, 4) is 0 Å². The molecule has 164 valence electrons. The Morgan fingerprint density at radius 2 is 0.519 bits per heavy atom. The second-order valence-corrected chi connectivity index (χ2v) is 9.65. The van der Waals surface area contributed by atoms with Gasteiger partial charge in [-0.05, 0) is 25.7 Å². The van der Waals surface area contributed by atoms with E-state index in [2.05, 4.69) is 31.9 Å². The molecule has 27 heavy (non-hydrogen) atoms. The second kappa shape index (κ2) is 26.9. The minimum absolute atomic E-state index is 0.987. The van der Waals surface area contributed by atoms with Crippen LogP contribution in [0, 0.1) is 0 Å². The summed E-state index contributed by atoms with van der Waals surface area (Å²) in [7, 11) is 0. The zero-order valence-electron chi connectivity index (χ0n) is 18.1. The largest absolute Gasteiger partial charge is 0.381 e. The molecule has 3 heteroatoms. The van der Waals surface area contributed by atoms with Gasteiger partial charge in [0.15, 0.2) is 0 Å². The third-order valence-electron chi connectivity index (χ3n) is 5.34. The van der Waals surface area contributed by atoms with Crippen LogP contribution in [0.2, 0.25) is 0 Å². The monoisotopic (exact) mass is 510 g/mol. The van der Waals surface area contributed by atoms with Crippen LogP contribution in [0.1, 0.15) is 128 Å². The molecule has 0 spiro atoms. The summed E-state index contributed by atoms with van der Waals surface area (Å²) in [4.78, 5) is 0. The molecule has 0 atom stereocenters. The van der Waals surface area contributed by atoms with E-state index >= 15 is 0 Å². The Morgan fingerprint density at radius 1 is 0.296 bits per heavy atom. The van der Waals surface area contributed by atoms with Crippen molar-refractivity contribution in [3.05, 3.63) is 0 Å². The highest BCUT2D eigenvalue weighted by molar-refractivity contribution is 9.09. The van der Waals surface area contributed by atoms with Gasteiger partial charge in [-0.15, -0.1) is 0 Å². The Hall–Kier alpha value is 0.920. The molecule has 0 rings (SSSR count). The molecule has 0 aliphatic carbocycles. The number of ether oxygens (including phenoxy) is 1. The molecule has 0 radical (unpaired) electrons. The predicted octanol–water partition coefficient (Wildman–Crippen LogP) is 9.59. The third-order valence-corrected chi connectivity index (χ3v) is 6.47. The minimum Gasteiger partial charge on any atom is -0.381 e. The fraction of sp³-hybridized carbons (Fsp3) is 1.00. The van der Waals surface area contributed by atoms with Gasteiger partial charge in [0.2, 0.25) is 0 Å². The summed E-state index contributed by atoms with van der Waals surface area (Å²) < 4.78 is 5.79. The summed E-state index contributed by atoms with van der Waals surface area (Å²) in [5.41, 5.74) is 0. The highest BCUT2D eigenvalue weighted by atomic mass is 79.9. The van der Waals surface area contributed by atoms with E-state index in [0.29, 0.717) is 0 Å². The van der Waals surface area contributed by atoms with Gasteiger partial charge in [0, 0.05) is 23.9 Å². The SMILES string of the molecule is BrCCCCCCCCCCCCOCCCCCCCCCCCCBr. The average Bonchev–Trinajstić information content (AvgIpc) is 2.68. The van der Waals surface area contributed by atoms with Gasteiger partial charge in [-0.25, -0.2) is 0 Å². The molecule has 0 aromatic carbocycles. The van der Waals surface area contributed by atoms with E-state index in [1.54, 1.807) is 0 Å². The second-order valence-electron chi connectivity index (χ2n) is 8.06. The molecule has 0 saturated carbocycles. The van der Waals surface area contributed by atoms with Gasteiger partial charge in [-0.3, -0.25) is 0 Å². The standard InChI is InChI=1S/C24H48Br2O/c25-21-17-13-9-5-1-3-7-11-15-19-23-27-24-20-16-12-8-4-2-6-10-14-18-22-26/h1-24H2. The average molecular weight is 512 g/mol. The van der Waals surface area contributed by atoms with E-state index in [-0.39, 0.29) is 0 Å². The van der Waals surface area contributed by atoms with Crippen LogP contribution in [0.3, 0.4) is 0 Å². The summed E-state index contributed by atoms with van der Waals surface area (Å²) >= 11 is 7.00. The van der Waals surface area contributed by atoms with Crippen molar-refractivity contribution < 1.29 is 4.74 Å². The van der Waals surface area contributed by atoms with Crippen molar-refractivity contribution in [2.24, 2.45) is 0 Å². The number of rotatable bonds is 24. The molecule has 0 aliphatic heterocycles. The van der Waals surface area contributed by atoms with Crippen LogP contribution >= 0.6 is 31.9 Å². The summed E-state index contributed by atoms with van der Waals surface area (Å²) in [5.74, 6) is 0. The van der Waals surface area contributed by atoms with Gasteiger partial charge in [0.25, 0.3) is 0 Å². The third kappa shape index (κ3) is 26.9. The lowest BCUT2D eigenvalue weighted by Crippen LogP contribution is -1.97. The molecule has 0 aromatic heterocycles. The first-order chi connectivity index (χ1) is 13.4. The molecule has 0 fully saturated rings. The summed E-state index contributed by atoms with van der Waals surface area (Å²) in [6.45, 7) is 1.97. The highest BCUT2D eigenvalue weighted by Gasteiger charge is 1.95. The highest BCUT2D eigenvalue weighted by Crippen LogP contribution is 2.12. The molecule has 0 aromatic rings. The quantitative estimate of drug-likeness (QED) is 0.0924. The Morgan fingerprint density at radius 3 is 0.778 bits per heavy atom. The van der Waals surface area contributed by atoms with Gasteiger partial charge in [0.05, 0.1) is 0 Å². The molecular weight excluding hydrogens is 464 g/mol. The summed E-state index contributed by atoms with van der Waals surface area (Å²) in [5, 5.41) is 2.35. The zero-order valence-corrected chi connectivity index (χ0v) is 21.3. The lowest BCUT2D eigenvalue weighted by molar-refractivity contribution is 0.125. The molecule has 1 nitrogen and oxygen atoms in total. The molecule has 0 N–H and O–H groups in total. The fourth-order valence-corrected chi connectivity index (χ4v) is 4.32. The normalized spacial score (nSPS) is 11.3. The van der Waals surface area contributed by atoms with Crippen molar-refractivity contribution in [3.63, 3.8) is 0 Å². The number of alkyl halides is 2. The van der Waals surface area contributed by atoms with Crippen LogP contribution in [0.15, 0.2) is 0 Å². The molecule has 0 amide bonds. The van der Waals surface area contributed by atoms with Crippen molar-refractivity contribution in [1.82, 2.24) is 0 Å². The Bertz CT molecular complexity index is 225. The summed E-state index contributed by atoms with van der Waals surface area (Å²) in [6, 6.07) is 0. The molecular formula is C24H48Br2O. The van der Waals surface area contributed by atoms with E-state index in [0.717, 1.165) is 13.2 Å². The first kappa shape index (κ1) is 27.9. The van der Waals surface area contributed by atoms with E-state index in [9.17, 15) is 0 Å². The number of unbranched alkanes of at least 4 members (excludes halogenated alkanes) is 18. The molecule has 0 unspecified atom stereocenters. The Balaban J connectivity index is 2.95. The summed E-state index contributed by atoms with van der Waals surface area (Å²) in [6.07, 6.45) is 27.9. The number of hydrogen-bond acceptors (Lipinski definition) is 1. The molecule has 0 aliphatic rings. The van der Waals surface area contributed by atoms with Gasteiger partial charge < -0.3 is 4.74 Å². The van der Waals surface area contributed by atoms with E-state index in [1.807, 2.05) is 0 Å². The smallest absolute Gasteiger partial charge is 0.0466 e. The van der Waals surface area contributed by atoms with Crippen molar-refractivity contribution in [2.75, 3.05) is 23.9 Å². The van der Waals surface area contributed by atoms with Crippen molar-refractivity contribution >= 4 is 31.9 Å². The Kier molecular flexibility index (Phi) is 27.8. The van der Waals surface area contributed by atoms with Crippen LogP contribution in [0.4, 0.5) is 0 Å². The zero-order chi connectivity index (χ0) is 19.7. The van der Waals surface area contributed by atoms with E-state index in [1.165, 1.54) is 139 Å². The van der Waals surface area contributed by atoms with E-state index < -0.39 is 0 Å². The van der Waals surface area contributed by atoms with Crippen LogP contribution in [-0.4, -0.2) is 23.9 Å². The van der Waals surface area contributed by atoms with Crippen LogP contribution in [-0.2, 0) is 4.74 Å². The van der Waals surface area contributed by atoms with E-state index in [4.69, 9.17) is 4.74 Å². The van der Waals surface area contributed by atoms with Gasteiger partial charge in [0.1, 0.15) is 0 Å². The van der Waals surface area contributed by atoms with Gasteiger partial charge in [-0.2, -0.15) is 0 Å². The van der Waals surface area contributed by atoms with Crippen LogP contribution < -0.4 is 0 Å². The maximum absolute atomic E-state index is 5.79. The predicted molar refractivity (Wildman–Crippen MR) is 131 cm³/mol. The van der Waals surface area contributed by atoms with Gasteiger partial charge in [-0.1, -0.05) is 135 Å². The topological polar surface area (TPSA) is 9.23 Å². The van der Waals surface area contributed by atoms with Gasteiger partial charge >= 0.3 is 0 Å². The van der Waals surface area contributed by atoms with Crippen LogP contribution in [0.5, 0.6) is 0 Å². The van der Waals surface area contributed by atoms with Crippen molar-refractivity contribution in [1.29, 1.82) is 0 Å². The lowest BCUT2D eigenvalue weighted by atomic mass is 10.1. The van der Waals surface area contributed by atoms with Crippen molar-refractivity contribution in [2.45, 2.75) is 128 Å². The first-order valence-electron chi connectivity index (χ1n) is 12.1. The molecule has 0 bridgehead atoms. The fourth-order valence-electron chi connectivity index (χ4n) is 3.53. The maximum atomic E-state index is 5.79. The number of halogens is 2. The van der Waals surface area contributed by atoms with Crippen LogP contribution in [0.25, 0.3) is 0 Å².